The third kappa shape index (κ3) is 13.7. The first kappa shape index (κ1) is 24.5. The van der Waals surface area contributed by atoms with Gasteiger partial charge >= 0.3 is 5.97 Å². The Morgan fingerprint density at radius 2 is 2.04 bits per heavy atom. The molecular weight excluding hydrogens is 328 g/mol. The number of hydrogen-bond acceptors (Lipinski definition) is 4. The van der Waals surface area contributed by atoms with E-state index in [2.05, 4.69) is 18.2 Å². The van der Waals surface area contributed by atoms with Gasteiger partial charge in [-0.15, -0.1) is 0 Å². The molecule has 0 aromatic carbocycles. The summed E-state index contributed by atoms with van der Waals surface area (Å²) in [6.07, 6.45) is 16.6. The molecule has 4 nitrogen and oxygen atoms in total. The lowest BCUT2D eigenvalue weighted by Crippen LogP contribution is -2.04. The highest BCUT2D eigenvalue weighted by atomic mass is 16.5. The fourth-order valence-corrected chi connectivity index (χ4v) is 2.84. The SMILES string of the molecule is C=C/C=C\C(=C/C)OCCC1CCC(O)C1.CCCCCCC(=O)OC. The van der Waals surface area contributed by atoms with Crippen LogP contribution in [0.1, 0.15) is 71.6 Å². The first-order chi connectivity index (χ1) is 12.6. The minimum Gasteiger partial charge on any atom is -0.494 e. The second-order valence-electron chi connectivity index (χ2n) is 6.64. The van der Waals surface area contributed by atoms with Crippen molar-refractivity contribution in [2.24, 2.45) is 5.92 Å². The summed E-state index contributed by atoms with van der Waals surface area (Å²) >= 11 is 0. The molecule has 2 unspecified atom stereocenters. The average molecular weight is 367 g/mol. The number of aliphatic hydroxyl groups is 1. The van der Waals surface area contributed by atoms with Gasteiger partial charge in [-0.05, 0) is 57.1 Å². The Hall–Kier alpha value is -1.55. The summed E-state index contributed by atoms with van der Waals surface area (Å²) in [5, 5.41) is 9.40. The topological polar surface area (TPSA) is 55.8 Å². The Labute approximate surface area is 160 Å². The van der Waals surface area contributed by atoms with Gasteiger partial charge < -0.3 is 14.6 Å². The summed E-state index contributed by atoms with van der Waals surface area (Å²) in [6.45, 7) is 8.47. The van der Waals surface area contributed by atoms with Gasteiger partial charge in [0.2, 0.25) is 0 Å². The van der Waals surface area contributed by atoms with Gasteiger partial charge in [-0.3, -0.25) is 4.79 Å². The normalized spacial score (nSPS) is 19.8. The lowest BCUT2D eigenvalue weighted by molar-refractivity contribution is -0.140. The molecular formula is C22H38O4. The van der Waals surface area contributed by atoms with Crippen LogP contribution < -0.4 is 0 Å². The van der Waals surface area contributed by atoms with Crippen LogP contribution in [0.3, 0.4) is 0 Å². The molecule has 0 aliphatic heterocycles. The van der Waals surface area contributed by atoms with Crippen LogP contribution in [0.25, 0.3) is 0 Å². The van der Waals surface area contributed by atoms with E-state index in [0.29, 0.717) is 12.3 Å². The highest BCUT2D eigenvalue weighted by molar-refractivity contribution is 5.68. The molecule has 0 bridgehead atoms. The molecule has 0 heterocycles. The standard InChI is InChI=1S/C14H22O2.C8H16O2/c1-3-5-6-14(4-2)16-10-9-12-7-8-13(15)11-12;1-3-4-5-6-7-8(9)10-2/h3-6,12-13,15H,1,7-11H2,2H3;3-7H2,1-2H3/b6-5-,14-4+;. The number of ether oxygens (including phenoxy) is 2. The van der Waals surface area contributed by atoms with Crippen molar-refractivity contribution in [1.82, 2.24) is 0 Å². The molecule has 1 rings (SSSR count). The van der Waals surface area contributed by atoms with Crippen LogP contribution in [0.2, 0.25) is 0 Å². The second-order valence-corrected chi connectivity index (χ2v) is 6.64. The zero-order valence-corrected chi connectivity index (χ0v) is 16.9. The predicted octanol–water partition coefficient (Wildman–Crippen LogP) is 5.33. The molecule has 0 radical (unpaired) electrons. The Kier molecular flexibility index (Phi) is 15.9. The van der Waals surface area contributed by atoms with E-state index in [1.807, 2.05) is 25.2 Å². The number of carbonyl (C=O) groups is 1. The van der Waals surface area contributed by atoms with Crippen LogP contribution in [0.15, 0.2) is 36.6 Å². The Morgan fingerprint density at radius 3 is 2.58 bits per heavy atom. The average Bonchev–Trinajstić information content (AvgIpc) is 3.07. The van der Waals surface area contributed by atoms with E-state index in [1.165, 1.54) is 20.0 Å². The van der Waals surface area contributed by atoms with Gasteiger partial charge in [0.25, 0.3) is 0 Å². The van der Waals surface area contributed by atoms with Gasteiger partial charge in [0.1, 0.15) is 5.76 Å². The number of carbonyl (C=O) groups excluding carboxylic acids is 1. The summed E-state index contributed by atoms with van der Waals surface area (Å²) in [6, 6.07) is 0. The first-order valence-corrected chi connectivity index (χ1v) is 9.90. The lowest BCUT2D eigenvalue weighted by Gasteiger charge is -2.10. The van der Waals surface area contributed by atoms with Crippen molar-refractivity contribution in [2.75, 3.05) is 13.7 Å². The van der Waals surface area contributed by atoms with E-state index < -0.39 is 0 Å². The molecule has 150 valence electrons. The molecule has 2 atom stereocenters. The fourth-order valence-electron chi connectivity index (χ4n) is 2.84. The zero-order valence-electron chi connectivity index (χ0n) is 16.9. The van der Waals surface area contributed by atoms with Gasteiger partial charge in [-0.2, -0.15) is 0 Å². The Bertz CT molecular complexity index is 426. The molecule has 1 N–H and O–H groups in total. The van der Waals surface area contributed by atoms with E-state index in [-0.39, 0.29) is 12.1 Å². The summed E-state index contributed by atoms with van der Waals surface area (Å²) < 4.78 is 10.1. The molecule has 1 aliphatic carbocycles. The molecule has 4 heteroatoms. The number of hydrogen-bond donors (Lipinski definition) is 1. The summed E-state index contributed by atoms with van der Waals surface area (Å²) in [4.78, 5) is 10.6. The molecule has 0 aromatic rings. The van der Waals surface area contributed by atoms with Crippen LogP contribution in [-0.4, -0.2) is 30.9 Å². The van der Waals surface area contributed by atoms with Crippen LogP contribution in [0.5, 0.6) is 0 Å². The maximum absolute atomic E-state index is 10.6. The monoisotopic (exact) mass is 366 g/mol. The van der Waals surface area contributed by atoms with Crippen molar-refractivity contribution in [3.05, 3.63) is 36.6 Å². The summed E-state index contributed by atoms with van der Waals surface area (Å²) in [5.41, 5.74) is 0. The third-order valence-electron chi connectivity index (χ3n) is 4.45. The molecule has 1 aliphatic rings. The van der Waals surface area contributed by atoms with Gasteiger partial charge in [0.15, 0.2) is 0 Å². The minimum atomic E-state index is -0.0869. The summed E-state index contributed by atoms with van der Waals surface area (Å²) in [7, 11) is 1.43. The number of rotatable bonds is 11. The van der Waals surface area contributed by atoms with Crippen molar-refractivity contribution in [1.29, 1.82) is 0 Å². The Morgan fingerprint density at radius 1 is 1.27 bits per heavy atom. The molecule has 0 aromatic heterocycles. The van der Waals surface area contributed by atoms with Crippen LogP contribution in [0.4, 0.5) is 0 Å². The molecule has 26 heavy (non-hydrogen) atoms. The van der Waals surface area contributed by atoms with Gasteiger partial charge in [-0.25, -0.2) is 0 Å². The van der Waals surface area contributed by atoms with E-state index in [9.17, 15) is 9.90 Å². The quantitative estimate of drug-likeness (QED) is 0.232. The van der Waals surface area contributed by atoms with Gasteiger partial charge in [-0.1, -0.05) is 44.9 Å². The van der Waals surface area contributed by atoms with Gasteiger partial charge in [0, 0.05) is 6.42 Å². The van der Waals surface area contributed by atoms with E-state index >= 15 is 0 Å². The zero-order chi connectivity index (χ0) is 19.6. The second kappa shape index (κ2) is 16.9. The highest BCUT2D eigenvalue weighted by Gasteiger charge is 2.22. The molecule has 1 saturated carbocycles. The maximum Gasteiger partial charge on any atom is 0.305 e. The van der Waals surface area contributed by atoms with Gasteiger partial charge in [0.05, 0.1) is 19.8 Å². The van der Waals surface area contributed by atoms with Crippen molar-refractivity contribution < 1.29 is 19.4 Å². The fraction of sp³-hybridized carbons (Fsp3) is 0.682. The van der Waals surface area contributed by atoms with Crippen LogP contribution in [-0.2, 0) is 14.3 Å². The largest absolute Gasteiger partial charge is 0.494 e. The van der Waals surface area contributed by atoms with Crippen molar-refractivity contribution >= 4 is 5.97 Å². The summed E-state index contributed by atoms with van der Waals surface area (Å²) in [5.74, 6) is 1.44. The lowest BCUT2D eigenvalue weighted by atomic mass is 10.1. The van der Waals surface area contributed by atoms with E-state index in [0.717, 1.165) is 50.9 Å². The van der Waals surface area contributed by atoms with Crippen LogP contribution >= 0.6 is 0 Å². The number of aliphatic hydroxyl groups excluding tert-OH is 1. The molecule has 0 amide bonds. The van der Waals surface area contributed by atoms with Crippen molar-refractivity contribution in [3.63, 3.8) is 0 Å². The van der Waals surface area contributed by atoms with E-state index in [1.54, 1.807) is 6.08 Å². The Balaban J connectivity index is 0.000000541. The van der Waals surface area contributed by atoms with Crippen LogP contribution in [0, 0.1) is 5.92 Å². The molecule has 0 saturated heterocycles. The van der Waals surface area contributed by atoms with Crippen molar-refractivity contribution in [2.45, 2.75) is 77.7 Å². The first-order valence-electron chi connectivity index (χ1n) is 9.90. The molecule has 0 spiro atoms. The molecule has 1 fully saturated rings. The minimum absolute atomic E-state index is 0.0770. The third-order valence-corrected chi connectivity index (χ3v) is 4.45. The number of methoxy groups -OCH3 is 1. The number of esters is 1. The number of unbranched alkanes of at least 4 members (excludes halogenated alkanes) is 3. The predicted molar refractivity (Wildman–Crippen MR) is 108 cm³/mol. The van der Waals surface area contributed by atoms with E-state index in [4.69, 9.17) is 4.74 Å². The van der Waals surface area contributed by atoms with Crippen molar-refractivity contribution in [3.8, 4) is 0 Å². The smallest absolute Gasteiger partial charge is 0.305 e. The maximum atomic E-state index is 10.6. The number of allylic oxidation sites excluding steroid dienone is 4. The highest BCUT2D eigenvalue weighted by Crippen LogP contribution is 2.28.